The van der Waals surface area contributed by atoms with Gasteiger partial charge < -0.3 is 25.5 Å². The second-order valence-electron chi connectivity index (χ2n) is 6.31. The second-order valence-corrected chi connectivity index (χ2v) is 6.31. The van der Waals surface area contributed by atoms with E-state index < -0.39 is 12.3 Å². The molecule has 0 amide bonds. The van der Waals surface area contributed by atoms with Gasteiger partial charge in [0.1, 0.15) is 11.5 Å². The zero-order valence-electron chi connectivity index (χ0n) is 14.8. The van der Waals surface area contributed by atoms with Gasteiger partial charge in [-0.05, 0) is 35.4 Å². The Balaban J connectivity index is 0.000000321. The molecule has 6 nitrogen and oxygen atoms in total. The minimum atomic E-state index is -1.62. The van der Waals surface area contributed by atoms with Crippen molar-refractivity contribution in [2.75, 3.05) is 0 Å². The highest BCUT2D eigenvalue weighted by Gasteiger charge is 2.22. The van der Waals surface area contributed by atoms with Crippen molar-refractivity contribution in [3.05, 3.63) is 71.8 Å². The van der Waals surface area contributed by atoms with Crippen LogP contribution < -0.4 is 0 Å². The molecule has 6 heteroatoms. The molecular formula is C20H24O6. The van der Waals surface area contributed by atoms with Crippen molar-refractivity contribution in [3.63, 3.8) is 0 Å². The molecule has 26 heavy (non-hydrogen) atoms. The molecule has 0 spiro atoms. The molecular weight excluding hydrogens is 336 g/mol. The first-order chi connectivity index (χ1) is 12.0. The third-order valence-corrected chi connectivity index (χ3v) is 3.91. The van der Waals surface area contributed by atoms with E-state index >= 15 is 0 Å². The van der Waals surface area contributed by atoms with Crippen LogP contribution in [0.4, 0.5) is 0 Å². The van der Waals surface area contributed by atoms with Crippen LogP contribution in [-0.2, 0) is 10.2 Å². The van der Waals surface area contributed by atoms with Crippen LogP contribution in [0.5, 0.6) is 11.5 Å². The molecule has 2 aromatic carbocycles. The molecule has 0 heterocycles. The Morgan fingerprint density at radius 2 is 1.27 bits per heavy atom. The summed E-state index contributed by atoms with van der Waals surface area (Å²) >= 11 is 0. The van der Waals surface area contributed by atoms with Gasteiger partial charge in [-0.3, -0.25) is 0 Å². The van der Waals surface area contributed by atoms with Gasteiger partial charge >= 0.3 is 5.97 Å². The first-order valence-corrected chi connectivity index (χ1v) is 7.90. The van der Waals surface area contributed by atoms with E-state index in [1.807, 2.05) is 24.3 Å². The Morgan fingerprint density at radius 1 is 0.923 bits per heavy atom. The number of hydrogen-bond donors (Lipinski definition) is 5. The van der Waals surface area contributed by atoms with Crippen LogP contribution in [0.25, 0.3) is 0 Å². The lowest BCUT2D eigenvalue weighted by molar-refractivity contribution is -0.134. The zero-order valence-corrected chi connectivity index (χ0v) is 14.8. The van der Waals surface area contributed by atoms with Crippen molar-refractivity contribution in [1.29, 1.82) is 0 Å². The quantitative estimate of drug-likeness (QED) is 0.413. The molecule has 5 N–H and O–H groups in total. The number of aliphatic hydroxyl groups excluding tert-OH is 1. The SMILES string of the molecule is C=C(CC(O)O)C(=O)O.CC(C)(c1ccc(O)cc1)c1ccc(O)cc1. The third-order valence-electron chi connectivity index (χ3n) is 3.91. The smallest absolute Gasteiger partial charge is 0.331 e. The molecule has 0 aliphatic rings. The summed E-state index contributed by atoms with van der Waals surface area (Å²) in [6.07, 6.45) is -1.93. The maximum Gasteiger partial charge on any atom is 0.331 e. The van der Waals surface area contributed by atoms with Gasteiger partial charge in [0.15, 0.2) is 6.29 Å². The average Bonchev–Trinajstić information content (AvgIpc) is 2.55. The van der Waals surface area contributed by atoms with Crippen LogP contribution in [0.1, 0.15) is 31.4 Å². The first kappa shape index (κ1) is 21.2. The minimum absolute atomic E-state index is 0.151. The van der Waals surface area contributed by atoms with Crippen molar-refractivity contribution in [1.82, 2.24) is 0 Å². The van der Waals surface area contributed by atoms with E-state index in [1.165, 1.54) is 0 Å². The summed E-state index contributed by atoms with van der Waals surface area (Å²) in [5, 5.41) is 43.1. The Bertz CT molecular complexity index is 682. The lowest BCUT2D eigenvalue weighted by Gasteiger charge is -2.26. The molecule has 0 saturated heterocycles. The number of phenols is 2. The monoisotopic (exact) mass is 360 g/mol. The molecule has 140 valence electrons. The number of carboxylic acids is 1. The molecule has 0 aliphatic heterocycles. The molecule has 0 unspecified atom stereocenters. The van der Waals surface area contributed by atoms with Crippen LogP contribution in [0.2, 0.25) is 0 Å². The van der Waals surface area contributed by atoms with Gasteiger partial charge in [0.25, 0.3) is 0 Å². The fourth-order valence-electron chi connectivity index (χ4n) is 2.23. The number of rotatable bonds is 5. The lowest BCUT2D eigenvalue weighted by Crippen LogP contribution is -2.18. The minimum Gasteiger partial charge on any atom is -0.508 e. The van der Waals surface area contributed by atoms with Gasteiger partial charge in [-0.25, -0.2) is 4.79 Å². The highest BCUT2D eigenvalue weighted by atomic mass is 16.5. The Labute approximate surface area is 152 Å². The maximum absolute atomic E-state index is 9.91. The summed E-state index contributed by atoms with van der Waals surface area (Å²) in [4.78, 5) is 9.91. The molecule has 0 atom stereocenters. The van der Waals surface area contributed by atoms with E-state index in [1.54, 1.807) is 24.3 Å². The van der Waals surface area contributed by atoms with Crippen molar-refractivity contribution in [2.24, 2.45) is 0 Å². The van der Waals surface area contributed by atoms with Gasteiger partial charge in [0.05, 0.1) is 0 Å². The molecule has 0 bridgehead atoms. The van der Waals surface area contributed by atoms with E-state index in [0.29, 0.717) is 0 Å². The molecule has 0 aromatic heterocycles. The Kier molecular flexibility index (Phi) is 7.37. The van der Waals surface area contributed by atoms with Gasteiger partial charge in [-0.2, -0.15) is 0 Å². The summed E-state index contributed by atoms with van der Waals surface area (Å²) in [7, 11) is 0. The summed E-state index contributed by atoms with van der Waals surface area (Å²) in [5.74, 6) is -0.659. The lowest BCUT2D eigenvalue weighted by atomic mass is 9.78. The number of aromatic hydroxyl groups is 2. The van der Waals surface area contributed by atoms with Crippen molar-refractivity contribution in [2.45, 2.75) is 32.0 Å². The summed E-state index contributed by atoms with van der Waals surface area (Å²) in [6.45, 7) is 7.31. The Hall–Kier alpha value is -2.83. The van der Waals surface area contributed by atoms with Crippen LogP contribution in [-0.4, -0.2) is 37.8 Å². The fourth-order valence-corrected chi connectivity index (χ4v) is 2.23. The van der Waals surface area contributed by atoms with E-state index in [9.17, 15) is 15.0 Å². The second kappa shape index (κ2) is 9.03. The standard InChI is InChI=1S/C15H16O2.C5H8O4/c1-15(2,11-3-7-13(16)8-4-11)12-5-9-14(17)10-6-12;1-3(5(8)9)2-4(6)7/h3-10,16-17H,1-2H3;4,6-7H,1-2H2,(H,8,9). The van der Waals surface area contributed by atoms with Gasteiger partial charge in [0, 0.05) is 17.4 Å². The number of aliphatic hydroxyl groups is 2. The van der Waals surface area contributed by atoms with Crippen molar-refractivity contribution >= 4 is 5.97 Å². The zero-order chi connectivity index (χ0) is 19.9. The fraction of sp³-hybridized carbons (Fsp3) is 0.250. The molecule has 0 radical (unpaired) electrons. The highest BCUT2D eigenvalue weighted by Crippen LogP contribution is 2.32. The van der Waals surface area contributed by atoms with Gasteiger partial charge in [-0.1, -0.05) is 44.7 Å². The normalized spacial score (nSPS) is 10.8. The number of benzene rings is 2. The number of aliphatic carboxylic acids is 1. The highest BCUT2D eigenvalue weighted by molar-refractivity contribution is 5.85. The van der Waals surface area contributed by atoms with E-state index in [4.69, 9.17) is 15.3 Å². The van der Waals surface area contributed by atoms with E-state index in [0.717, 1.165) is 11.1 Å². The topological polar surface area (TPSA) is 118 Å². The predicted octanol–water partition coefficient (Wildman–Crippen LogP) is 2.75. The summed E-state index contributed by atoms with van der Waals surface area (Å²) < 4.78 is 0. The number of carbonyl (C=O) groups is 1. The van der Waals surface area contributed by atoms with E-state index in [2.05, 4.69) is 20.4 Å². The summed E-state index contributed by atoms with van der Waals surface area (Å²) in [5.41, 5.74) is 1.90. The van der Waals surface area contributed by atoms with Gasteiger partial charge in [-0.15, -0.1) is 0 Å². The van der Waals surface area contributed by atoms with E-state index in [-0.39, 0.29) is 28.9 Å². The van der Waals surface area contributed by atoms with Crippen LogP contribution >= 0.6 is 0 Å². The predicted molar refractivity (Wildman–Crippen MR) is 98.0 cm³/mol. The summed E-state index contributed by atoms with van der Waals surface area (Å²) in [6, 6.07) is 14.4. The maximum atomic E-state index is 9.91. The molecule has 0 fully saturated rings. The first-order valence-electron chi connectivity index (χ1n) is 7.90. The Morgan fingerprint density at radius 3 is 1.50 bits per heavy atom. The molecule has 2 rings (SSSR count). The molecule has 0 saturated carbocycles. The average molecular weight is 360 g/mol. The van der Waals surface area contributed by atoms with Crippen molar-refractivity contribution in [3.8, 4) is 11.5 Å². The van der Waals surface area contributed by atoms with Crippen LogP contribution in [0.15, 0.2) is 60.7 Å². The molecule has 2 aromatic rings. The van der Waals surface area contributed by atoms with Crippen LogP contribution in [0.3, 0.4) is 0 Å². The number of hydrogen-bond acceptors (Lipinski definition) is 5. The largest absolute Gasteiger partial charge is 0.508 e. The number of phenolic OH excluding ortho intramolecular Hbond substituents is 2. The van der Waals surface area contributed by atoms with Gasteiger partial charge in [0.2, 0.25) is 0 Å². The number of carboxylic acid groups (broad SMARTS) is 1. The molecule has 0 aliphatic carbocycles. The van der Waals surface area contributed by atoms with Crippen LogP contribution in [0, 0.1) is 0 Å². The third kappa shape index (κ3) is 6.23. The van der Waals surface area contributed by atoms with Crippen molar-refractivity contribution < 1.29 is 30.3 Å².